The van der Waals surface area contributed by atoms with E-state index in [1.165, 1.54) is 19.3 Å². The fourth-order valence-corrected chi connectivity index (χ4v) is 3.06. The molecule has 1 saturated carbocycles. The molecule has 0 spiro atoms. The Balaban J connectivity index is 1.97. The second kappa shape index (κ2) is 6.05. The van der Waals surface area contributed by atoms with E-state index in [-0.39, 0.29) is 12.2 Å². The van der Waals surface area contributed by atoms with Crippen molar-refractivity contribution in [1.82, 2.24) is 10.2 Å². The average Bonchev–Trinajstić information content (AvgIpc) is 2.50. The van der Waals surface area contributed by atoms with Crippen molar-refractivity contribution < 1.29 is 4.79 Å². The Morgan fingerprint density at radius 2 is 2.11 bits per heavy atom. The van der Waals surface area contributed by atoms with E-state index in [4.69, 9.17) is 0 Å². The maximum Gasteiger partial charge on any atom is 0.241 e. The Morgan fingerprint density at radius 1 is 1.39 bits per heavy atom. The van der Waals surface area contributed by atoms with Gasteiger partial charge in [0, 0.05) is 6.54 Å². The van der Waals surface area contributed by atoms with Gasteiger partial charge >= 0.3 is 0 Å². The van der Waals surface area contributed by atoms with Crippen molar-refractivity contribution >= 4 is 5.91 Å². The minimum absolute atomic E-state index is 0.0822. The van der Waals surface area contributed by atoms with Crippen molar-refractivity contribution in [3.05, 3.63) is 0 Å². The van der Waals surface area contributed by atoms with Crippen molar-refractivity contribution in [3.8, 4) is 0 Å². The summed E-state index contributed by atoms with van der Waals surface area (Å²) in [6, 6.07) is 0.0822. The van der Waals surface area contributed by atoms with Crippen molar-refractivity contribution in [2.24, 2.45) is 11.8 Å². The van der Waals surface area contributed by atoms with Crippen molar-refractivity contribution in [2.45, 2.75) is 71.5 Å². The SMILES string of the molecule is CCCC1NC(CC(C)C)N(CC2CCC2)C1=O. The van der Waals surface area contributed by atoms with Crippen LogP contribution in [0.5, 0.6) is 0 Å². The molecular weight excluding hydrogens is 224 g/mol. The number of hydrogen-bond acceptors (Lipinski definition) is 2. The Bertz CT molecular complexity index is 286. The van der Waals surface area contributed by atoms with Gasteiger partial charge in [0.1, 0.15) is 0 Å². The minimum Gasteiger partial charge on any atom is -0.326 e. The van der Waals surface area contributed by atoms with Crippen LogP contribution in [0.4, 0.5) is 0 Å². The molecular formula is C15H28N2O. The predicted molar refractivity (Wildman–Crippen MR) is 74.1 cm³/mol. The molecule has 2 fully saturated rings. The molecule has 0 aromatic carbocycles. The molecule has 1 saturated heterocycles. The topological polar surface area (TPSA) is 32.3 Å². The molecule has 2 aliphatic rings. The van der Waals surface area contributed by atoms with Crippen LogP contribution in [0.25, 0.3) is 0 Å². The van der Waals surface area contributed by atoms with Gasteiger partial charge in [-0.05, 0) is 37.5 Å². The van der Waals surface area contributed by atoms with E-state index in [0.29, 0.717) is 11.8 Å². The van der Waals surface area contributed by atoms with Gasteiger partial charge in [0.15, 0.2) is 0 Å². The Morgan fingerprint density at radius 3 is 2.61 bits per heavy atom. The van der Waals surface area contributed by atoms with Crippen LogP contribution >= 0.6 is 0 Å². The first kappa shape index (κ1) is 13.9. The lowest BCUT2D eigenvalue weighted by atomic mass is 9.85. The molecule has 18 heavy (non-hydrogen) atoms. The standard InChI is InChI=1S/C15H28N2O/c1-4-6-13-15(18)17(10-12-7-5-8-12)14(16-13)9-11(2)3/h11-14,16H,4-10H2,1-3H3. The second-order valence-corrected chi connectivity index (χ2v) is 6.44. The predicted octanol–water partition coefficient (Wildman–Crippen LogP) is 2.76. The quantitative estimate of drug-likeness (QED) is 0.788. The highest BCUT2D eigenvalue weighted by Crippen LogP contribution is 2.30. The molecule has 2 atom stereocenters. The van der Waals surface area contributed by atoms with Gasteiger partial charge in [0.2, 0.25) is 5.91 Å². The van der Waals surface area contributed by atoms with Gasteiger partial charge in [-0.25, -0.2) is 0 Å². The lowest BCUT2D eigenvalue weighted by Crippen LogP contribution is -2.42. The summed E-state index contributed by atoms with van der Waals surface area (Å²) < 4.78 is 0. The molecule has 1 heterocycles. The molecule has 0 radical (unpaired) electrons. The molecule has 1 aliphatic carbocycles. The molecule has 0 aromatic heterocycles. The van der Waals surface area contributed by atoms with Gasteiger partial charge in [-0.2, -0.15) is 0 Å². The van der Waals surface area contributed by atoms with E-state index in [1.54, 1.807) is 0 Å². The molecule has 0 bridgehead atoms. The summed E-state index contributed by atoms with van der Waals surface area (Å²) in [5.74, 6) is 1.76. The van der Waals surface area contributed by atoms with Crippen LogP contribution in [0.15, 0.2) is 0 Å². The van der Waals surface area contributed by atoms with Crippen LogP contribution in [0, 0.1) is 11.8 Å². The molecule has 104 valence electrons. The van der Waals surface area contributed by atoms with Gasteiger partial charge in [0.05, 0.1) is 12.2 Å². The number of carbonyl (C=O) groups excluding carboxylic acids is 1. The number of hydrogen-bond donors (Lipinski definition) is 1. The first-order valence-corrected chi connectivity index (χ1v) is 7.68. The van der Waals surface area contributed by atoms with Crippen LogP contribution in [-0.2, 0) is 4.79 Å². The molecule has 1 N–H and O–H groups in total. The minimum atomic E-state index is 0.0822. The number of carbonyl (C=O) groups is 1. The number of amides is 1. The normalized spacial score (nSPS) is 29.1. The molecule has 1 aliphatic heterocycles. The lowest BCUT2D eigenvalue weighted by Gasteiger charge is -2.33. The van der Waals surface area contributed by atoms with Crippen LogP contribution in [0.1, 0.15) is 59.3 Å². The van der Waals surface area contributed by atoms with Crippen LogP contribution in [-0.4, -0.2) is 29.6 Å². The van der Waals surface area contributed by atoms with Crippen LogP contribution < -0.4 is 5.32 Å². The maximum atomic E-state index is 12.4. The molecule has 3 heteroatoms. The highest BCUT2D eigenvalue weighted by atomic mass is 16.2. The second-order valence-electron chi connectivity index (χ2n) is 6.44. The lowest BCUT2D eigenvalue weighted by molar-refractivity contribution is -0.131. The number of nitrogens with one attached hydrogen (secondary N) is 1. The molecule has 1 amide bonds. The summed E-state index contributed by atoms with van der Waals surface area (Å²) in [5.41, 5.74) is 0. The fraction of sp³-hybridized carbons (Fsp3) is 0.933. The Hall–Kier alpha value is -0.570. The number of rotatable bonds is 6. The smallest absolute Gasteiger partial charge is 0.241 e. The van der Waals surface area contributed by atoms with Crippen LogP contribution in [0.3, 0.4) is 0 Å². The fourth-order valence-electron chi connectivity index (χ4n) is 3.06. The van der Waals surface area contributed by atoms with E-state index in [0.717, 1.165) is 31.7 Å². The van der Waals surface area contributed by atoms with E-state index >= 15 is 0 Å². The molecule has 3 nitrogen and oxygen atoms in total. The van der Waals surface area contributed by atoms with E-state index in [9.17, 15) is 4.79 Å². The van der Waals surface area contributed by atoms with Gasteiger partial charge < -0.3 is 4.90 Å². The maximum absolute atomic E-state index is 12.4. The van der Waals surface area contributed by atoms with Gasteiger partial charge in [0.25, 0.3) is 0 Å². The summed E-state index contributed by atoms with van der Waals surface area (Å²) in [5, 5.41) is 3.55. The van der Waals surface area contributed by atoms with E-state index in [1.807, 2.05) is 0 Å². The Kier molecular flexibility index (Phi) is 4.66. The zero-order valence-corrected chi connectivity index (χ0v) is 12.1. The van der Waals surface area contributed by atoms with Crippen molar-refractivity contribution in [2.75, 3.05) is 6.54 Å². The molecule has 0 aromatic rings. The molecule has 2 rings (SSSR count). The summed E-state index contributed by atoms with van der Waals surface area (Å²) in [6.45, 7) is 7.62. The Labute approximate surface area is 111 Å². The first-order chi connectivity index (χ1) is 8.61. The van der Waals surface area contributed by atoms with Crippen LogP contribution in [0.2, 0.25) is 0 Å². The highest BCUT2D eigenvalue weighted by molar-refractivity contribution is 5.84. The largest absolute Gasteiger partial charge is 0.326 e. The highest BCUT2D eigenvalue weighted by Gasteiger charge is 2.39. The van der Waals surface area contributed by atoms with Gasteiger partial charge in [-0.15, -0.1) is 0 Å². The average molecular weight is 252 g/mol. The van der Waals surface area contributed by atoms with Gasteiger partial charge in [-0.1, -0.05) is 33.6 Å². The number of nitrogens with zero attached hydrogens (tertiary/aromatic N) is 1. The summed E-state index contributed by atoms with van der Waals surface area (Å²) >= 11 is 0. The summed E-state index contributed by atoms with van der Waals surface area (Å²) in [4.78, 5) is 14.6. The van der Waals surface area contributed by atoms with Gasteiger partial charge in [-0.3, -0.25) is 10.1 Å². The van der Waals surface area contributed by atoms with Crippen molar-refractivity contribution in [3.63, 3.8) is 0 Å². The summed E-state index contributed by atoms with van der Waals surface area (Å²) in [7, 11) is 0. The monoisotopic (exact) mass is 252 g/mol. The van der Waals surface area contributed by atoms with E-state index in [2.05, 4.69) is 31.0 Å². The third-order valence-corrected chi connectivity index (χ3v) is 4.30. The molecule has 2 unspecified atom stereocenters. The summed E-state index contributed by atoms with van der Waals surface area (Å²) in [6.07, 6.45) is 7.41. The zero-order valence-electron chi connectivity index (χ0n) is 12.1. The zero-order chi connectivity index (χ0) is 13.1. The third-order valence-electron chi connectivity index (χ3n) is 4.30. The van der Waals surface area contributed by atoms with Crippen molar-refractivity contribution in [1.29, 1.82) is 0 Å². The third kappa shape index (κ3) is 3.05. The van der Waals surface area contributed by atoms with E-state index < -0.39 is 0 Å². The first-order valence-electron chi connectivity index (χ1n) is 7.68.